The first-order chi connectivity index (χ1) is 4.70. The summed E-state index contributed by atoms with van der Waals surface area (Å²) in [5, 5.41) is 0. The molecule has 0 amide bonds. The Morgan fingerprint density at radius 2 is 2.50 bits per heavy atom. The highest BCUT2D eigenvalue weighted by Gasteiger charge is 2.04. The van der Waals surface area contributed by atoms with Gasteiger partial charge in [-0.05, 0) is 28.9 Å². The fourth-order valence-corrected chi connectivity index (χ4v) is 1.02. The molecule has 54 valence electrons. The summed E-state index contributed by atoms with van der Waals surface area (Å²) in [5.41, 5.74) is 0. The second-order valence-electron chi connectivity index (χ2n) is 2.07. The van der Waals surface area contributed by atoms with Crippen molar-refractivity contribution < 1.29 is 9.21 Å². The van der Waals surface area contributed by atoms with Gasteiger partial charge in [0.1, 0.15) is 11.5 Å². The summed E-state index contributed by atoms with van der Waals surface area (Å²) in [7, 11) is 0. The molecule has 1 aromatic heterocycles. The van der Waals surface area contributed by atoms with Gasteiger partial charge in [-0.3, -0.25) is 4.79 Å². The summed E-state index contributed by atoms with van der Waals surface area (Å²) in [5.74, 6) is 0.808. The summed E-state index contributed by atoms with van der Waals surface area (Å²) in [6.45, 7) is 1.54. The molecule has 1 aromatic rings. The van der Waals surface area contributed by atoms with Crippen LogP contribution in [0.25, 0.3) is 0 Å². The molecule has 1 rings (SSSR count). The number of rotatable bonds is 2. The molecule has 3 heteroatoms. The summed E-state index contributed by atoms with van der Waals surface area (Å²) < 4.78 is 5.87. The zero-order valence-corrected chi connectivity index (χ0v) is 7.14. The maximum absolute atomic E-state index is 10.6. The van der Waals surface area contributed by atoms with Gasteiger partial charge >= 0.3 is 0 Å². The number of hydrogen-bond acceptors (Lipinski definition) is 2. The molecule has 10 heavy (non-hydrogen) atoms. The second-order valence-corrected chi connectivity index (χ2v) is 2.92. The van der Waals surface area contributed by atoms with E-state index in [0.29, 0.717) is 12.2 Å². The predicted octanol–water partition coefficient (Wildman–Crippen LogP) is 2.17. The minimum Gasteiger partial charge on any atom is -0.468 e. The van der Waals surface area contributed by atoms with Crippen LogP contribution < -0.4 is 0 Å². The number of furan rings is 1. The van der Waals surface area contributed by atoms with Crippen molar-refractivity contribution in [3.8, 4) is 0 Å². The van der Waals surface area contributed by atoms with Gasteiger partial charge in [-0.25, -0.2) is 0 Å². The largest absolute Gasteiger partial charge is 0.468 e. The van der Waals surface area contributed by atoms with E-state index >= 15 is 0 Å². The van der Waals surface area contributed by atoms with E-state index in [1.165, 1.54) is 6.92 Å². The van der Waals surface area contributed by atoms with Crippen LogP contribution in [0.1, 0.15) is 12.7 Å². The third-order valence-electron chi connectivity index (χ3n) is 1.10. The third-order valence-corrected chi connectivity index (χ3v) is 1.81. The minimum absolute atomic E-state index is 0.107. The van der Waals surface area contributed by atoms with Gasteiger partial charge in [-0.2, -0.15) is 0 Å². The topological polar surface area (TPSA) is 30.2 Å². The Labute approximate surface area is 67.3 Å². The molecule has 0 saturated heterocycles. The SMILES string of the molecule is CC(=O)Cc1occc1Br. The van der Waals surface area contributed by atoms with Crippen molar-refractivity contribution in [1.29, 1.82) is 0 Å². The van der Waals surface area contributed by atoms with E-state index in [4.69, 9.17) is 4.42 Å². The summed E-state index contributed by atoms with van der Waals surface area (Å²) in [6.07, 6.45) is 1.93. The minimum atomic E-state index is 0.107. The van der Waals surface area contributed by atoms with Crippen molar-refractivity contribution in [2.75, 3.05) is 0 Å². The van der Waals surface area contributed by atoms with Crippen LogP contribution >= 0.6 is 15.9 Å². The summed E-state index contributed by atoms with van der Waals surface area (Å²) in [4.78, 5) is 10.6. The van der Waals surface area contributed by atoms with E-state index in [0.717, 1.165) is 4.47 Å². The van der Waals surface area contributed by atoms with Crippen molar-refractivity contribution in [2.24, 2.45) is 0 Å². The molecule has 0 saturated carbocycles. The van der Waals surface area contributed by atoms with Crippen LogP contribution in [0.2, 0.25) is 0 Å². The Kier molecular flexibility index (Phi) is 2.27. The molecule has 0 aliphatic heterocycles. The molecule has 0 N–H and O–H groups in total. The van der Waals surface area contributed by atoms with Gasteiger partial charge in [-0.15, -0.1) is 0 Å². The molecule has 0 radical (unpaired) electrons. The zero-order chi connectivity index (χ0) is 7.56. The van der Waals surface area contributed by atoms with Crippen molar-refractivity contribution in [2.45, 2.75) is 13.3 Å². The van der Waals surface area contributed by atoms with Crippen LogP contribution in [-0.4, -0.2) is 5.78 Å². The van der Waals surface area contributed by atoms with Crippen molar-refractivity contribution >= 4 is 21.7 Å². The summed E-state index contributed by atoms with van der Waals surface area (Å²) >= 11 is 3.25. The fraction of sp³-hybridized carbons (Fsp3) is 0.286. The molecule has 2 nitrogen and oxygen atoms in total. The van der Waals surface area contributed by atoms with Crippen LogP contribution in [-0.2, 0) is 11.2 Å². The van der Waals surface area contributed by atoms with Crippen LogP contribution in [0, 0.1) is 0 Å². The monoisotopic (exact) mass is 202 g/mol. The van der Waals surface area contributed by atoms with Crippen LogP contribution in [0.4, 0.5) is 0 Å². The Morgan fingerprint density at radius 3 is 2.90 bits per heavy atom. The maximum atomic E-state index is 10.6. The highest BCUT2D eigenvalue weighted by atomic mass is 79.9. The first-order valence-corrected chi connectivity index (χ1v) is 3.71. The smallest absolute Gasteiger partial charge is 0.137 e. The van der Waals surface area contributed by atoms with Gasteiger partial charge in [0.05, 0.1) is 17.2 Å². The van der Waals surface area contributed by atoms with E-state index in [1.54, 1.807) is 12.3 Å². The lowest BCUT2D eigenvalue weighted by atomic mass is 10.2. The number of Topliss-reactive ketones (excluding diaryl/α,β-unsaturated/α-hetero) is 1. The van der Waals surface area contributed by atoms with E-state index in [1.807, 2.05) is 0 Å². The molecule has 0 atom stereocenters. The van der Waals surface area contributed by atoms with Gasteiger partial charge in [0.15, 0.2) is 0 Å². The molecular formula is C7H7BrO2. The normalized spacial score (nSPS) is 9.80. The number of ketones is 1. The highest BCUT2D eigenvalue weighted by molar-refractivity contribution is 9.10. The number of hydrogen-bond donors (Lipinski definition) is 0. The van der Waals surface area contributed by atoms with E-state index in [9.17, 15) is 4.79 Å². The Hall–Kier alpha value is -0.570. The average Bonchev–Trinajstić information content (AvgIpc) is 2.15. The molecule has 0 aliphatic carbocycles. The first-order valence-electron chi connectivity index (χ1n) is 2.91. The molecule has 0 aliphatic rings. The lowest BCUT2D eigenvalue weighted by Crippen LogP contribution is -1.94. The van der Waals surface area contributed by atoms with Gasteiger partial charge in [0, 0.05) is 0 Å². The highest BCUT2D eigenvalue weighted by Crippen LogP contribution is 2.17. The summed E-state index contributed by atoms with van der Waals surface area (Å²) in [6, 6.07) is 1.78. The standard InChI is InChI=1S/C7H7BrO2/c1-5(9)4-7-6(8)2-3-10-7/h2-3H,4H2,1H3. The molecule has 1 heterocycles. The number of carbonyl (C=O) groups is 1. The lowest BCUT2D eigenvalue weighted by Gasteiger charge is -1.90. The van der Waals surface area contributed by atoms with Crippen molar-refractivity contribution in [3.63, 3.8) is 0 Å². The van der Waals surface area contributed by atoms with Gasteiger partial charge in [0.2, 0.25) is 0 Å². The Balaban J connectivity index is 2.74. The maximum Gasteiger partial charge on any atom is 0.137 e. The average molecular weight is 203 g/mol. The van der Waals surface area contributed by atoms with E-state index < -0.39 is 0 Å². The van der Waals surface area contributed by atoms with Crippen molar-refractivity contribution in [1.82, 2.24) is 0 Å². The van der Waals surface area contributed by atoms with Crippen LogP contribution in [0.5, 0.6) is 0 Å². The molecule has 0 aromatic carbocycles. The molecule has 0 spiro atoms. The van der Waals surface area contributed by atoms with Gasteiger partial charge in [0.25, 0.3) is 0 Å². The third kappa shape index (κ3) is 1.70. The zero-order valence-electron chi connectivity index (χ0n) is 5.56. The lowest BCUT2D eigenvalue weighted by molar-refractivity contribution is -0.116. The van der Waals surface area contributed by atoms with Crippen molar-refractivity contribution in [3.05, 3.63) is 22.6 Å². The quantitative estimate of drug-likeness (QED) is 0.737. The number of carbonyl (C=O) groups excluding carboxylic acids is 1. The Bertz CT molecular complexity index is 240. The van der Waals surface area contributed by atoms with Crippen LogP contribution in [0.3, 0.4) is 0 Å². The van der Waals surface area contributed by atoms with Gasteiger partial charge < -0.3 is 4.42 Å². The van der Waals surface area contributed by atoms with Gasteiger partial charge in [-0.1, -0.05) is 0 Å². The second kappa shape index (κ2) is 3.01. The fourth-order valence-electron chi connectivity index (χ4n) is 0.677. The number of halogens is 1. The molecule has 0 bridgehead atoms. The van der Waals surface area contributed by atoms with E-state index in [2.05, 4.69) is 15.9 Å². The Morgan fingerprint density at radius 1 is 1.80 bits per heavy atom. The molecule has 0 fully saturated rings. The van der Waals surface area contributed by atoms with E-state index in [-0.39, 0.29) is 5.78 Å². The molecular weight excluding hydrogens is 196 g/mol. The molecule has 0 unspecified atom stereocenters. The van der Waals surface area contributed by atoms with Crippen LogP contribution in [0.15, 0.2) is 21.2 Å². The first kappa shape index (κ1) is 7.54. The predicted molar refractivity (Wildman–Crippen MR) is 40.8 cm³/mol.